The summed E-state index contributed by atoms with van der Waals surface area (Å²) in [5, 5.41) is -1.08. The van der Waals surface area contributed by atoms with Gasteiger partial charge in [-0.1, -0.05) is 23.1 Å². The molecule has 0 bridgehead atoms. The van der Waals surface area contributed by atoms with Gasteiger partial charge >= 0.3 is 0 Å². The molecule has 0 aromatic carbocycles. The molecule has 2 aliphatic rings. The third-order valence-corrected chi connectivity index (χ3v) is 3.62. The fraction of sp³-hybridized carbons (Fsp3) is 1.00. The van der Waals surface area contributed by atoms with Crippen molar-refractivity contribution >= 4 is 9.24 Å². The third kappa shape index (κ3) is 2.69. The van der Waals surface area contributed by atoms with Crippen molar-refractivity contribution in [1.29, 1.82) is 0 Å². The predicted molar refractivity (Wildman–Crippen MR) is 64.9 cm³/mol. The maximum Gasteiger partial charge on any atom is 0.138 e. The van der Waals surface area contributed by atoms with E-state index in [2.05, 4.69) is 14.1 Å². The monoisotopic (exact) mass is 235 g/mol. The largest absolute Gasteiger partial charge is 0.383 e. The van der Waals surface area contributed by atoms with Crippen LogP contribution in [0.3, 0.4) is 0 Å². The van der Waals surface area contributed by atoms with Gasteiger partial charge in [0.1, 0.15) is 5.41 Å². The molecule has 0 aliphatic carbocycles. The highest BCUT2D eigenvalue weighted by Gasteiger charge is 2.53. The maximum atomic E-state index is 13.8. The highest BCUT2D eigenvalue weighted by atomic mass is 31.0. The lowest BCUT2D eigenvalue weighted by atomic mass is 9.94. The van der Waals surface area contributed by atoms with Gasteiger partial charge < -0.3 is 4.74 Å². The van der Waals surface area contributed by atoms with Crippen molar-refractivity contribution in [2.75, 3.05) is 26.8 Å². The summed E-state index contributed by atoms with van der Waals surface area (Å²) in [5.74, 6) is 0. The van der Waals surface area contributed by atoms with Crippen molar-refractivity contribution in [1.82, 2.24) is 4.90 Å². The van der Waals surface area contributed by atoms with Gasteiger partial charge in [-0.05, 0) is 19.4 Å². The number of hydrogen-bond acceptors (Lipinski definition) is 2. The first-order valence-electron chi connectivity index (χ1n) is 5.80. The van der Waals surface area contributed by atoms with Crippen LogP contribution in [0.15, 0.2) is 0 Å². The molecule has 90 valence electrons. The lowest BCUT2D eigenvalue weighted by Crippen LogP contribution is -2.42. The Hall–Kier alpha value is 0.280. The molecule has 3 atom stereocenters. The Morgan fingerprint density at radius 1 is 1.47 bits per heavy atom. The second-order valence-electron chi connectivity index (χ2n) is 4.39. The summed E-state index contributed by atoms with van der Waals surface area (Å²) in [6, 6.07) is 0. The number of fused-ring (bicyclic) bond motifs is 1. The average molecular weight is 235 g/mol. The number of alkyl halides is 1. The van der Waals surface area contributed by atoms with Gasteiger partial charge in [-0.2, -0.15) is 0 Å². The average Bonchev–Trinajstić information content (AvgIpc) is 2.60. The standard InChI is InChI=1S/C9H17FNOP.C2H6/c1-12-7-8-3-2-4-11(8)6-9(10,13)5-8;1-2/h2-7,13H2,1H3;1-2H3. The van der Waals surface area contributed by atoms with Crippen LogP contribution in [0.5, 0.6) is 0 Å². The number of ether oxygens (including phenoxy) is 1. The maximum absolute atomic E-state index is 13.8. The third-order valence-electron chi connectivity index (χ3n) is 3.23. The zero-order valence-electron chi connectivity index (χ0n) is 10.1. The summed E-state index contributed by atoms with van der Waals surface area (Å²) < 4.78 is 19.0. The minimum absolute atomic E-state index is 0.00521. The van der Waals surface area contributed by atoms with E-state index < -0.39 is 5.41 Å². The van der Waals surface area contributed by atoms with Crippen LogP contribution in [0.1, 0.15) is 33.1 Å². The number of halogens is 1. The van der Waals surface area contributed by atoms with Crippen molar-refractivity contribution in [2.45, 2.75) is 44.1 Å². The summed E-state index contributed by atoms with van der Waals surface area (Å²) in [4.78, 5) is 2.25. The minimum Gasteiger partial charge on any atom is -0.383 e. The van der Waals surface area contributed by atoms with Crippen LogP contribution >= 0.6 is 9.24 Å². The molecule has 2 heterocycles. The van der Waals surface area contributed by atoms with Crippen LogP contribution in [0.2, 0.25) is 0 Å². The zero-order chi connectivity index (χ0) is 11.5. The molecule has 0 saturated carbocycles. The second-order valence-corrected chi connectivity index (χ2v) is 5.43. The molecule has 0 amide bonds. The summed E-state index contributed by atoms with van der Waals surface area (Å²) in [6.07, 6.45) is 2.88. The normalized spacial score (nSPS) is 39.8. The van der Waals surface area contributed by atoms with E-state index in [1.807, 2.05) is 13.8 Å². The lowest BCUT2D eigenvalue weighted by Gasteiger charge is -2.30. The molecule has 0 aromatic heterocycles. The van der Waals surface area contributed by atoms with Gasteiger partial charge in [-0.15, -0.1) is 0 Å². The molecule has 15 heavy (non-hydrogen) atoms. The molecule has 2 rings (SSSR count). The molecule has 0 spiro atoms. The molecule has 2 nitrogen and oxygen atoms in total. The molecule has 4 heteroatoms. The Labute approximate surface area is 94.8 Å². The fourth-order valence-corrected chi connectivity index (χ4v) is 3.44. The molecule has 2 aliphatic heterocycles. The minimum atomic E-state index is -1.08. The van der Waals surface area contributed by atoms with E-state index in [0.717, 1.165) is 13.0 Å². The fourth-order valence-electron chi connectivity index (χ4n) is 2.84. The van der Waals surface area contributed by atoms with Crippen molar-refractivity contribution in [3.63, 3.8) is 0 Å². The van der Waals surface area contributed by atoms with Crippen molar-refractivity contribution in [2.24, 2.45) is 0 Å². The summed E-state index contributed by atoms with van der Waals surface area (Å²) in [7, 11) is 4.05. The number of nitrogens with zero attached hydrogens (tertiary/aromatic N) is 1. The van der Waals surface area contributed by atoms with Gasteiger partial charge in [-0.3, -0.25) is 4.90 Å². The Morgan fingerprint density at radius 3 is 2.73 bits per heavy atom. The van der Waals surface area contributed by atoms with Crippen molar-refractivity contribution < 1.29 is 9.13 Å². The lowest BCUT2D eigenvalue weighted by molar-refractivity contribution is 0.0650. The van der Waals surface area contributed by atoms with Crippen LogP contribution in [-0.4, -0.2) is 42.7 Å². The first-order chi connectivity index (χ1) is 7.08. The van der Waals surface area contributed by atoms with Crippen LogP contribution < -0.4 is 0 Å². The van der Waals surface area contributed by atoms with Crippen molar-refractivity contribution in [3.8, 4) is 0 Å². The molecule has 2 fully saturated rings. The van der Waals surface area contributed by atoms with Gasteiger partial charge in [0.2, 0.25) is 0 Å². The molecule has 2 saturated heterocycles. The number of hydrogen-bond donors (Lipinski definition) is 0. The summed E-state index contributed by atoms with van der Waals surface area (Å²) >= 11 is 0. The zero-order valence-corrected chi connectivity index (χ0v) is 11.2. The Morgan fingerprint density at radius 2 is 2.13 bits per heavy atom. The van der Waals surface area contributed by atoms with Crippen molar-refractivity contribution in [3.05, 3.63) is 0 Å². The second kappa shape index (κ2) is 5.07. The highest BCUT2D eigenvalue weighted by molar-refractivity contribution is 7.18. The van der Waals surface area contributed by atoms with Gasteiger partial charge in [-0.25, -0.2) is 4.39 Å². The van der Waals surface area contributed by atoms with E-state index in [0.29, 0.717) is 19.6 Å². The van der Waals surface area contributed by atoms with E-state index in [1.54, 1.807) is 7.11 Å². The Kier molecular flexibility index (Phi) is 4.51. The number of rotatable bonds is 2. The highest BCUT2D eigenvalue weighted by Crippen LogP contribution is 2.47. The van der Waals surface area contributed by atoms with Crippen LogP contribution in [0.4, 0.5) is 4.39 Å². The van der Waals surface area contributed by atoms with E-state index in [1.165, 1.54) is 6.42 Å². The van der Waals surface area contributed by atoms with Gasteiger partial charge in [0.25, 0.3) is 0 Å². The quantitative estimate of drug-likeness (QED) is 0.682. The smallest absolute Gasteiger partial charge is 0.138 e. The summed E-state index contributed by atoms with van der Waals surface area (Å²) in [6.45, 7) is 6.26. The summed E-state index contributed by atoms with van der Waals surface area (Å²) in [5.41, 5.74) is 0.00521. The van der Waals surface area contributed by atoms with Crippen LogP contribution in [-0.2, 0) is 4.74 Å². The van der Waals surface area contributed by atoms with E-state index in [9.17, 15) is 4.39 Å². The first-order valence-corrected chi connectivity index (χ1v) is 6.38. The molecule has 0 radical (unpaired) electrons. The van der Waals surface area contributed by atoms with Gasteiger partial charge in [0.15, 0.2) is 0 Å². The van der Waals surface area contributed by atoms with Gasteiger partial charge in [0.05, 0.1) is 6.61 Å². The Balaban J connectivity index is 0.000000531. The SMILES string of the molecule is CC.COCC12CCCN1CC(F)(P)C2. The molecule has 0 N–H and O–H groups in total. The molecular weight excluding hydrogens is 212 g/mol. The molecule has 0 aromatic rings. The van der Waals surface area contributed by atoms with E-state index >= 15 is 0 Å². The molecular formula is C11H23FNOP. The van der Waals surface area contributed by atoms with Crippen LogP contribution in [0.25, 0.3) is 0 Å². The molecule has 3 unspecified atom stereocenters. The Bertz CT molecular complexity index is 213. The first kappa shape index (κ1) is 13.3. The van der Waals surface area contributed by atoms with Crippen LogP contribution in [0, 0.1) is 0 Å². The van der Waals surface area contributed by atoms with E-state index in [-0.39, 0.29) is 5.54 Å². The number of methoxy groups -OCH3 is 1. The topological polar surface area (TPSA) is 12.5 Å². The predicted octanol–water partition coefficient (Wildman–Crippen LogP) is 2.44. The van der Waals surface area contributed by atoms with Gasteiger partial charge in [0, 0.05) is 25.6 Å². The van der Waals surface area contributed by atoms with E-state index in [4.69, 9.17) is 4.74 Å².